The molecule has 0 aliphatic rings. The molecule has 1 aromatic carbocycles. The van der Waals surface area contributed by atoms with E-state index in [0.29, 0.717) is 10.7 Å². The number of halogens is 2. The lowest BCUT2D eigenvalue weighted by molar-refractivity contribution is 0.102. The molecule has 0 radical (unpaired) electrons. The van der Waals surface area contributed by atoms with Gasteiger partial charge in [-0.1, -0.05) is 27.5 Å². The van der Waals surface area contributed by atoms with Crippen LogP contribution in [0.25, 0.3) is 0 Å². The lowest BCUT2D eigenvalue weighted by Crippen LogP contribution is -2.12. The molecule has 0 aliphatic heterocycles. The largest absolute Gasteiger partial charge is 0.319 e. The normalized spacial score (nSPS) is 10.1. The highest BCUT2D eigenvalue weighted by Gasteiger charge is 2.10. The van der Waals surface area contributed by atoms with Gasteiger partial charge in [0.05, 0.1) is 16.9 Å². The predicted molar refractivity (Wildman–Crippen MR) is 63.5 cm³/mol. The van der Waals surface area contributed by atoms with E-state index >= 15 is 0 Å². The van der Waals surface area contributed by atoms with Gasteiger partial charge in [0.2, 0.25) is 0 Å². The Morgan fingerprint density at radius 3 is 3.00 bits per heavy atom. The van der Waals surface area contributed by atoms with E-state index in [2.05, 4.69) is 36.7 Å². The molecule has 0 saturated heterocycles. The molecule has 82 valence electrons. The Labute approximate surface area is 104 Å². The summed E-state index contributed by atoms with van der Waals surface area (Å²) in [7, 11) is 0. The molecule has 1 amide bonds. The fourth-order valence-electron chi connectivity index (χ4n) is 1.09. The molecular weight excluding hydrogens is 295 g/mol. The first-order chi connectivity index (χ1) is 7.66. The predicted octanol–water partition coefficient (Wildman–Crippen LogP) is 2.47. The summed E-state index contributed by atoms with van der Waals surface area (Å²) < 4.78 is 0.826. The van der Waals surface area contributed by atoms with E-state index in [9.17, 15) is 4.79 Å². The zero-order valence-corrected chi connectivity index (χ0v) is 10.2. The van der Waals surface area contributed by atoms with E-state index in [4.69, 9.17) is 11.6 Å². The third-order valence-corrected chi connectivity index (χ3v) is 2.65. The average molecular weight is 302 g/mol. The first kappa shape index (κ1) is 11.1. The van der Waals surface area contributed by atoms with Gasteiger partial charge < -0.3 is 5.32 Å². The maximum absolute atomic E-state index is 11.6. The highest BCUT2D eigenvalue weighted by atomic mass is 79.9. The fraction of sp³-hybridized carbons (Fsp3) is 0. The number of rotatable bonds is 2. The van der Waals surface area contributed by atoms with Crippen LogP contribution in [0.5, 0.6) is 0 Å². The highest BCUT2D eigenvalue weighted by molar-refractivity contribution is 9.10. The second-order valence-corrected chi connectivity index (χ2v) is 4.26. The molecule has 2 N–H and O–H groups in total. The van der Waals surface area contributed by atoms with Crippen LogP contribution < -0.4 is 5.32 Å². The van der Waals surface area contributed by atoms with Crippen molar-refractivity contribution in [2.75, 3.05) is 5.32 Å². The second kappa shape index (κ2) is 4.63. The lowest BCUT2D eigenvalue weighted by atomic mass is 10.3. The number of aromatic amines is 1. The molecule has 0 atom stereocenters. The summed E-state index contributed by atoms with van der Waals surface area (Å²) in [5.41, 5.74) is 0.722. The van der Waals surface area contributed by atoms with E-state index < -0.39 is 0 Å². The Balaban J connectivity index is 2.21. The molecule has 0 unspecified atom stereocenters. The smallest absolute Gasteiger partial charge is 0.277 e. The van der Waals surface area contributed by atoms with Gasteiger partial charge in [0.15, 0.2) is 5.69 Å². The molecular formula is C9H6BrClN4O. The number of aromatic nitrogens is 3. The minimum absolute atomic E-state index is 0.205. The van der Waals surface area contributed by atoms with Crippen molar-refractivity contribution < 1.29 is 4.79 Å². The molecule has 16 heavy (non-hydrogen) atoms. The summed E-state index contributed by atoms with van der Waals surface area (Å²) in [6.07, 6.45) is 1.33. The number of nitrogens with one attached hydrogen (secondary N) is 2. The molecule has 5 nitrogen and oxygen atoms in total. The number of nitrogens with zero attached hydrogens (tertiary/aromatic N) is 2. The van der Waals surface area contributed by atoms with Crippen LogP contribution in [0, 0.1) is 0 Å². The van der Waals surface area contributed by atoms with Gasteiger partial charge in [-0.15, -0.1) is 0 Å². The van der Waals surface area contributed by atoms with Gasteiger partial charge in [-0.25, -0.2) is 0 Å². The van der Waals surface area contributed by atoms with Crippen LogP contribution >= 0.6 is 27.5 Å². The number of benzene rings is 1. The molecule has 0 spiro atoms. The molecule has 7 heteroatoms. The quantitative estimate of drug-likeness (QED) is 0.895. The van der Waals surface area contributed by atoms with Crippen molar-refractivity contribution in [3.8, 4) is 0 Å². The number of H-pyrrole nitrogens is 1. The van der Waals surface area contributed by atoms with Crippen molar-refractivity contribution in [1.29, 1.82) is 0 Å². The molecule has 2 rings (SSSR count). The van der Waals surface area contributed by atoms with E-state index in [-0.39, 0.29) is 11.6 Å². The molecule has 1 heterocycles. The Hall–Kier alpha value is -1.40. The third kappa shape index (κ3) is 2.40. The standard InChI is InChI=1S/C9H6BrClN4O/c10-5-1-2-6(11)7(3-5)13-9(16)8-4-12-15-14-8/h1-4H,(H,13,16)(H,12,14,15). The van der Waals surface area contributed by atoms with Crippen molar-refractivity contribution in [1.82, 2.24) is 15.4 Å². The van der Waals surface area contributed by atoms with Crippen LogP contribution in [0.2, 0.25) is 5.02 Å². The van der Waals surface area contributed by atoms with Gasteiger partial charge in [-0.2, -0.15) is 15.4 Å². The molecule has 0 saturated carbocycles. The Kier molecular flexibility index (Phi) is 3.21. The summed E-state index contributed by atoms with van der Waals surface area (Å²) >= 11 is 9.21. The van der Waals surface area contributed by atoms with E-state index in [1.54, 1.807) is 18.2 Å². The Morgan fingerprint density at radius 1 is 1.50 bits per heavy atom. The van der Waals surface area contributed by atoms with Crippen LogP contribution in [-0.2, 0) is 0 Å². The minimum Gasteiger partial charge on any atom is -0.319 e. The Bertz CT molecular complexity index is 514. The summed E-state index contributed by atoms with van der Waals surface area (Å²) in [6.45, 7) is 0. The highest BCUT2D eigenvalue weighted by Crippen LogP contribution is 2.25. The SMILES string of the molecule is O=C(Nc1cc(Br)ccc1Cl)c1cn[nH]n1. The first-order valence-electron chi connectivity index (χ1n) is 4.29. The lowest BCUT2D eigenvalue weighted by Gasteiger charge is -2.05. The molecule has 0 bridgehead atoms. The molecule has 0 aliphatic carbocycles. The van der Waals surface area contributed by atoms with Crippen molar-refractivity contribution in [2.45, 2.75) is 0 Å². The maximum atomic E-state index is 11.6. The van der Waals surface area contributed by atoms with Crippen LogP contribution in [0.15, 0.2) is 28.9 Å². The van der Waals surface area contributed by atoms with Crippen molar-refractivity contribution >= 4 is 39.1 Å². The van der Waals surface area contributed by atoms with Crippen molar-refractivity contribution in [2.24, 2.45) is 0 Å². The number of hydrogen-bond acceptors (Lipinski definition) is 3. The molecule has 0 fully saturated rings. The van der Waals surface area contributed by atoms with Crippen LogP contribution in [0.4, 0.5) is 5.69 Å². The van der Waals surface area contributed by atoms with E-state index in [1.807, 2.05) is 0 Å². The molecule has 1 aromatic heterocycles. The van der Waals surface area contributed by atoms with Crippen LogP contribution in [0.1, 0.15) is 10.5 Å². The third-order valence-electron chi connectivity index (χ3n) is 1.82. The zero-order chi connectivity index (χ0) is 11.5. The van der Waals surface area contributed by atoms with Crippen LogP contribution in [0.3, 0.4) is 0 Å². The minimum atomic E-state index is -0.367. The molecule has 2 aromatic rings. The van der Waals surface area contributed by atoms with E-state index in [0.717, 1.165) is 4.47 Å². The van der Waals surface area contributed by atoms with Crippen LogP contribution in [-0.4, -0.2) is 21.3 Å². The van der Waals surface area contributed by atoms with Gasteiger partial charge in [0, 0.05) is 4.47 Å². The maximum Gasteiger partial charge on any atom is 0.277 e. The number of anilines is 1. The summed E-state index contributed by atoms with van der Waals surface area (Å²) in [6, 6.07) is 5.18. The first-order valence-corrected chi connectivity index (χ1v) is 5.46. The van der Waals surface area contributed by atoms with Gasteiger partial charge in [0.25, 0.3) is 5.91 Å². The summed E-state index contributed by atoms with van der Waals surface area (Å²) in [4.78, 5) is 11.6. The second-order valence-electron chi connectivity index (χ2n) is 2.93. The monoisotopic (exact) mass is 300 g/mol. The topological polar surface area (TPSA) is 70.7 Å². The van der Waals surface area contributed by atoms with Gasteiger partial charge >= 0.3 is 0 Å². The number of amides is 1. The summed E-state index contributed by atoms with van der Waals surface area (Å²) in [5, 5.41) is 12.7. The van der Waals surface area contributed by atoms with E-state index in [1.165, 1.54) is 6.20 Å². The summed E-state index contributed by atoms with van der Waals surface area (Å²) in [5.74, 6) is -0.367. The van der Waals surface area contributed by atoms with Gasteiger partial charge in [-0.3, -0.25) is 4.79 Å². The van der Waals surface area contributed by atoms with Crippen molar-refractivity contribution in [3.05, 3.63) is 39.6 Å². The zero-order valence-electron chi connectivity index (χ0n) is 7.87. The number of hydrogen-bond donors (Lipinski definition) is 2. The van der Waals surface area contributed by atoms with Gasteiger partial charge in [-0.05, 0) is 18.2 Å². The fourth-order valence-corrected chi connectivity index (χ4v) is 1.62. The Morgan fingerprint density at radius 2 is 2.31 bits per heavy atom. The number of carbonyl (C=O) groups is 1. The number of carbonyl (C=O) groups excluding carboxylic acids is 1. The van der Waals surface area contributed by atoms with Crippen molar-refractivity contribution in [3.63, 3.8) is 0 Å². The average Bonchev–Trinajstić information content (AvgIpc) is 2.76. The van der Waals surface area contributed by atoms with Gasteiger partial charge in [0.1, 0.15) is 0 Å².